The van der Waals surface area contributed by atoms with Crippen molar-refractivity contribution in [3.05, 3.63) is 58.4 Å². The van der Waals surface area contributed by atoms with Gasteiger partial charge in [0, 0.05) is 42.5 Å². The third-order valence-electron chi connectivity index (χ3n) is 5.65. The van der Waals surface area contributed by atoms with E-state index in [0.29, 0.717) is 54.7 Å². The Morgan fingerprint density at radius 2 is 2.07 bits per heavy atom. The number of H-pyrrole nitrogens is 1. The van der Waals surface area contributed by atoms with Crippen LogP contribution >= 0.6 is 0 Å². The topological polar surface area (TPSA) is 100 Å². The maximum absolute atomic E-state index is 13.2. The average molecular weight is 396 g/mol. The van der Waals surface area contributed by atoms with E-state index < -0.39 is 5.60 Å². The number of ether oxygens (including phenoxy) is 1. The predicted molar refractivity (Wildman–Crippen MR) is 108 cm³/mol. The number of nitrogens with one attached hydrogen (secondary N) is 1. The molecular formula is C21H24N4O4. The summed E-state index contributed by atoms with van der Waals surface area (Å²) in [5, 5.41) is 11.6. The molecule has 0 aliphatic carbocycles. The van der Waals surface area contributed by atoms with Crippen LogP contribution in [0.2, 0.25) is 0 Å². The number of nitrogens with zero attached hydrogens (tertiary/aromatic N) is 3. The van der Waals surface area contributed by atoms with E-state index >= 15 is 0 Å². The summed E-state index contributed by atoms with van der Waals surface area (Å²) in [6.45, 7) is 3.18. The fourth-order valence-electron chi connectivity index (χ4n) is 3.88. The normalized spacial score (nSPS) is 16.2. The highest BCUT2D eigenvalue weighted by atomic mass is 16.5. The van der Waals surface area contributed by atoms with E-state index in [-0.39, 0.29) is 11.5 Å². The Hall–Kier alpha value is -3.13. The number of fused-ring (bicyclic) bond motifs is 1. The fourth-order valence-corrected chi connectivity index (χ4v) is 3.88. The van der Waals surface area contributed by atoms with Gasteiger partial charge in [0.05, 0.1) is 24.8 Å². The molecule has 2 N–H and O–H groups in total. The third-order valence-corrected chi connectivity index (χ3v) is 5.65. The number of carbonyl (C=O) groups is 1. The summed E-state index contributed by atoms with van der Waals surface area (Å²) < 4.78 is 7.19. The van der Waals surface area contributed by atoms with E-state index in [1.165, 1.54) is 6.07 Å². The van der Waals surface area contributed by atoms with Crippen LogP contribution in [0.3, 0.4) is 0 Å². The number of aromatic amines is 1. The summed E-state index contributed by atoms with van der Waals surface area (Å²) in [4.78, 5) is 33.9. The number of pyridine rings is 1. The van der Waals surface area contributed by atoms with E-state index in [1.807, 2.05) is 17.7 Å². The van der Waals surface area contributed by atoms with Crippen molar-refractivity contribution < 1.29 is 14.6 Å². The van der Waals surface area contributed by atoms with Crippen LogP contribution in [0.5, 0.6) is 5.75 Å². The van der Waals surface area contributed by atoms with Crippen LogP contribution in [0, 0.1) is 6.92 Å². The molecule has 8 heteroatoms. The number of aromatic nitrogens is 3. The van der Waals surface area contributed by atoms with Gasteiger partial charge in [-0.2, -0.15) is 0 Å². The van der Waals surface area contributed by atoms with Crippen LogP contribution in [-0.2, 0) is 6.54 Å². The van der Waals surface area contributed by atoms with Gasteiger partial charge in [0.1, 0.15) is 11.6 Å². The van der Waals surface area contributed by atoms with Crippen molar-refractivity contribution in [2.24, 2.45) is 0 Å². The Morgan fingerprint density at radius 1 is 1.31 bits per heavy atom. The summed E-state index contributed by atoms with van der Waals surface area (Å²) >= 11 is 0. The number of likely N-dealkylation sites (tertiary alicyclic amines) is 1. The van der Waals surface area contributed by atoms with Crippen LogP contribution in [0.1, 0.15) is 29.0 Å². The Kier molecular flexibility index (Phi) is 4.87. The molecule has 0 unspecified atom stereocenters. The van der Waals surface area contributed by atoms with Gasteiger partial charge >= 0.3 is 0 Å². The highest BCUT2D eigenvalue weighted by Crippen LogP contribution is 2.27. The molecule has 3 heterocycles. The molecule has 0 bridgehead atoms. The van der Waals surface area contributed by atoms with Gasteiger partial charge in [-0.1, -0.05) is 0 Å². The first-order valence-electron chi connectivity index (χ1n) is 9.59. The Morgan fingerprint density at radius 3 is 2.72 bits per heavy atom. The van der Waals surface area contributed by atoms with Gasteiger partial charge in [0.2, 0.25) is 5.56 Å². The average Bonchev–Trinajstić information content (AvgIpc) is 3.11. The number of hydrogen-bond acceptors (Lipinski definition) is 5. The van der Waals surface area contributed by atoms with Crippen molar-refractivity contribution in [3.63, 3.8) is 0 Å². The maximum atomic E-state index is 13.2. The minimum absolute atomic E-state index is 0.213. The molecule has 152 valence electrons. The van der Waals surface area contributed by atoms with Gasteiger partial charge in [-0.25, -0.2) is 4.98 Å². The Bertz CT molecular complexity index is 1110. The maximum Gasteiger partial charge on any atom is 0.254 e. The van der Waals surface area contributed by atoms with Gasteiger partial charge in [-0.3, -0.25) is 9.59 Å². The number of aryl methyl sites for hydroxylation is 1. The van der Waals surface area contributed by atoms with Gasteiger partial charge in [0.25, 0.3) is 5.91 Å². The lowest BCUT2D eigenvalue weighted by Gasteiger charge is -2.38. The molecule has 0 atom stereocenters. The van der Waals surface area contributed by atoms with Gasteiger partial charge in [-0.15, -0.1) is 0 Å². The minimum atomic E-state index is -0.887. The van der Waals surface area contributed by atoms with E-state index in [0.717, 1.165) is 5.82 Å². The third kappa shape index (κ3) is 3.75. The molecule has 1 amide bonds. The highest BCUT2D eigenvalue weighted by Gasteiger charge is 2.35. The fraction of sp³-hybridized carbons (Fsp3) is 0.381. The molecular weight excluding hydrogens is 372 g/mol. The lowest BCUT2D eigenvalue weighted by Crippen LogP contribution is -2.48. The van der Waals surface area contributed by atoms with Gasteiger partial charge in [0.15, 0.2) is 0 Å². The summed E-state index contributed by atoms with van der Waals surface area (Å²) in [6, 6.07) is 6.56. The van der Waals surface area contributed by atoms with E-state index in [2.05, 4.69) is 9.97 Å². The second-order valence-electron chi connectivity index (χ2n) is 7.58. The van der Waals surface area contributed by atoms with Crippen molar-refractivity contribution in [3.8, 4) is 5.75 Å². The second kappa shape index (κ2) is 7.36. The molecule has 1 saturated heterocycles. The number of imidazole rings is 1. The molecule has 3 aromatic rings. The molecule has 0 spiro atoms. The van der Waals surface area contributed by atoms with E-state index in [9.17, 15) is 14.7 Å². The van der Waals surface area contributed by atoms with E-state index in [4.69, 9.17) is 4.74 Å². The zero-order valence-electron chi connectivity index (χ0n) is 16.5. The quantitative estimate of drug-likeness (QED) is 0.699. The molecule has 0 radical (unpaired) electrons. The molecule has 1 aromatic carbocycles. The first-order chi connectivity index (χ1) is 13.9. The minimum Gasteiger partial charge on any atom is -0.497 e. The summed E-state index contributed by atoms with van der Waals surface area (Å²) in [5.41, 5.74) is -0.277. The van der Waals surface area contributed by atoms with E-state index in [1.54, 1.807) is 36.4 Å². The van der Waals surface area contributed by atoms with Crippen molar-refractivity contribution in [2.45, 2.75) is 31.9 Å². The lowest BCUT2D eigenvalue weighted by molar-refractivity contribution is -0.0295. The van der Waals surface area contributed by atoms with Crippen molar-refractivity contribution in [2.75, 3.05) is 20.2 Å². The zero-order chi connectivity index (χ0) is 20.6. The number of benzene rings is 1. The monoisotopic (exact) mass is 396 g/mol. The molecule has 8 nitrogen and oxygen atoms in total. The predicted octanol–water partition coefficient (Wildman–Crippen LogP) is 1.71. The summed E-state index contributed by atoms with van der Waals surface area (Å²) in [5.74, 6) is 1.25. The number of rotatable bonds is 4. The first-order valence-corrected chi connectivity index (χ1v) is 9.59. The van der Waals surface area contributed by atoms with Crippen LogP contribution in [0.15, 0.2) is 41.5 Å². The standard InChI is InChI=1S/C21H24N4O4/c1-14-22-7-10-25(14)13-21(28)5-8-24(9-6-21)20(27)17-12-19(26)23-18-4-3-15(29-2)11-16(17)18/h3-4,7,10-12,28H,5-6,8-9,13H2,1-2H3,(H,23,26). The number of methoxy groups -OCH3 is 1. The Labute approximate surface area is 167 Å². The lowest BCUT2D eigenvalue weighted by atomic mass is 9.90. The molecule has 1 fully saturated rings. The summed E-state index contributed by atoms with van der Waals surface area (Å²) in [7, 11) is 1.56. The van der Waals surface area contributed by atoms with Crippen molar-refractivity contribution in [1.29, 1.82) is 0 Å². The smallest absolute Gasteiger partial charge is 0.254 e. The largest absolute Gasteiger partial charge is 0.497 e. The molecule has 1 aliphatic rings. The number of hydrogen-bond donors (Lipinski definition) is 2. The van der Waals surface area contributed by atoms with Gasteiger partial charge in [-0.05, 0) is 38.0 Å². The van der Waals surface area contributed by atoms with Crippen molar-refractivity contribution >= 4 is 16.8 Å². The van der Waals surface area contributed by atoms with Crippen molar-refractivity contribution in [1.82, 2.24) is 19.4 Å². The highest BCUT2D eigenvalue weighted by molar-refractivity contribution is 6.06. The second-order valence-corrected chi connectivity index (χ2v) is 7.58. The Balaban J connectivity index is 1.55. The summed E-state index contributed by atoms with van der Waals surface area (Å²) in [6.07, 6.45) is 4.48. The number of aliphatic hydroxyl groups is 1. The van der Waals surface area contributed by atoms with Crippen LogP contribution in [0.4, 0.5) is 0 Å². The van der Waals surface area contributed by atoms with Gasteiger partial charge < -0.3 is 24.3 Å². The number of piperidine rings is 1. The SMILES string of the molecule is COc1ccc2[nH]c(=O)cc(C(=O)N3CCC(O)(Cn4ccnc4C)CC3)c2c1. The molecule has 4 rings (SSSR count). The first kappa shape index (κ1) is 19.2. The van der Waals surface area contributed by atoms with Crippen LogP contribution in [-0.4, -0.2) is 56.2 Å². The molecule has 29 heavy (non-hydrogen) atoms. The molecule has 1 aliphatic heterocycles. The van der Waals surface area contributed by atoms with Crippen LogP contribution < -0.4 is 10.3 Å². The number of amides is 1. The zero-order valence-corrected chi connectivity index (χ0v) is 16.5. The van der Waals surface area contributed by atoms with Crippen LogP contribution in [0.25, 0.3) is 10.9 Å². The molecule has 2 aromatic heterocycles. The molecule has 0 saturated carbocycles. The number of carbonyl (C=O) groups excluding carboxylic acids is 1.